The molecule has 1 aliphatic rings. The van der Waals surface area contributed by atoms with Crippen LogP contribution >= 0.6 is 0 Å². The van der Waals surface area contributed by atoms with Crippen LogP contribution in [0.4, 0.5) is 0 Å². The van der Waals surface area contributed by atoms with Gasteiger partial charge in [0.15, 0.2) is 0 Å². The molecular weight excluding hydrogens is 448 g/mol. The van der Waals surface area contributed by atoms with Gasteiger partial charge in [-0.1, -0.05) is 95.9 Å². The maximum absolute atomic E-state index is 11.3. The van der Waals surface area contributed by atoms with Crippen LogP contribution in [0.15, 0.2) is 0 Å². The molecule has 4 atom stereocenters. The third kappa shape index (κ3) is 13.1. The molecule has 0 spiro atoms. The molecule has 1 rings (SSSR count). The van der Waals surface area contributed by atoms with Crippen LogP contribution in [0.3, 0.4) is 0 Å². The van der Waals surface area contributed by atoms with E-state index in [1.54, 1.807) is 27.7 Å². The molecule has 1 heterocycles. The van der Waals surface area contributed by atoms with Crippen molar-refractivity contribution in [3.05, 3.63) is 0 Å². The van der Waals surface area contributed by atoms with E-state index in [9.17, 15) is 19.2 Å². The van der Waals surface area contributed by atoms with Crippen molar-refractivity contribution in [1.29, 1.82) is 0 Å². The van der Waals surface area contributed by atoms with E-state index in [2.05, 4.69) is 32.4 Å². The summed E-state index contributed by atoms with van der Waals surface area (Å²) in [6.45, 7) is 23.8. The Bertz CT molecular complexity index is 606. The quantitative estimate of drug-likeness (QED) is 0.263. The zero-order chi connectivity index (χ0) is 28.2. The molecule has 1 saturated heterocycles. The fourth-order valence-corrected chi connectivity index (χ4v) is 4.28. The molecule has 0 bridgehead atoms. The number of cyclic esters (lactones) is 2. The van der Waals surface area contributed by atoms with Gasteiger partial charge in [-0.15, -0.1) is 0 Å². The first-order valence-corrected chi connectivity index (χ1v) is 13.1. The summed E-state index contributed by atoms with van der Waals surface area (Å²) in [6.07, 6.45) is 2.77. The number of rotatable bonds is 10. The molecule has 0 aromatic rings. The van der Waals surface area contributed by atoms with Crippen LogP contribution in [0.5, 0.6) is 0 Å². The van der Waals surface area contributed by atoms with E-state index in [1.807, 2.05) is 27.7 Å². The van der Waals surface area contributed by atoms with Gasteiger partial charge in [-0.05, 0) is 35.5 Å². The van der Waals surface area contributed by atoms with Crippen LogP contribution in [0, 0.1) is 59.2 Å². The number of carboxylic acid groups (broad SMARTS) is 2. The Labute approximate surface area is 213 Å². The van der Waals surface area contributed by atoms with E-state index in [4.69, 9.17) is 10.2 Å². The lowest BCUT2D eigenvalue weighted by molar-refractivity contribution is -0.157. The van der Waals surface area contributed by atoms with Crippen LogP contribution in [0.1, 0.15) is 95.9 Å². The molecule has 0 amide bonds. The molecule has 0 aliphatic carbocycles. The molecule has 1 aliphatic heterocycles. The molecule has 206 valence electrons. The highest BCUT2D eigenvalue weighted by atomic mass is 16.6. The fourth-order valence-electron chi connectivity index (χ4n) is 4.28. The number of hydrogen-bond donors (Lipinski definition) is 2. The summed E-state index contributed by atoms with van der Waals surface area (Å²) >= 11 is 0. The van der Waals surface area contributed by atoms with Crippen molar-refractivity contribution in [1.82, 2.24) is 0 Å². The first-order valence-electron chi connectivity index (χ1n) is 13.1. The van der Waals surface area contributed by atoms with Gasteiger partial charge in [0.1, 0.15) is 0 Å². The van der Waals surface area contributed by atoms with Crippen molar-refractivity contribution < 1.29 is 34.1 Å². The number of ether oxygens (including phenoxy) is 1. The highest BCUT2D eigenvalue weighted by Gasteiger charge is 2.47. The number of hydrogen-bond acceptors (Lipinski definition) is 5. The van der Waals surface area contributed by atoms with Crippen LogP contribution in [0.25, 0.3) is 0 Å². The van der Waals surface area contributed by atoms with Crippen LogP contribution in [-0.4, -0.2) is 34.1 Å². The second-order valence-corrected chi connectivity index (χ2v) is 11.9. The van der Waals surface area contributed by atoms with E-state index < -0.39 is 23.8 Å². The van der Waals surface area contributed by atoms with Crippen molar-refractivity contribution >= 4 is 23.9 Å². The topological polar surface area (TPSA) is 118 Å². The summed E-state index contributed by atoms with van der Waals surface area (Å²) in [5.74, 6) is -3.08. The molecule has 0 aromatic carbocycles. The Hall–Kier alpha value is -1.92. The number of carbonyl (C=O) groups is 4. The van der Waals surface area contributed by atoms with E-state index in [-0.39, 0.29) is 47.4 Å². The molecule has 4 unspecified atom stereocenters. The lowest BCUT2D eigenvalue weighted by atomic mass is 9.77. The minimum absolute atomic E-state index is 0.170. The average Bonchev–Trinajstić information content (AvgIpc) is 2.98. The summed E-state index contributed by atoms with van der Waals surface area (Å²) in [5.41, 5.74) is 0. The summed E-state index contributed by atoms with van der Waals surface area (Å²) in [6, 6.07) is 0. The summed E-state index contributed by atoms with van der Waals surface area (Å²) in [5, 5.41) is 17.9. The normalized spacial score (nSPS) is 19.5. The van der Waals surface area contributed by atoms with Gasteiger partial charge in [0.25, 0.3) is 0 Å². The SMILES string of the molecule is CC(C)C(C(=O)O)C(C(=O)O)C(C)C.CC(C)C1C(=O)OC(=O)C1C(C)C.CC(C)CCC(C)C. The number of carbonyl (C=O) groups excluding carboxylic acids is 2. The summed E-state index contributed by atoms with van der Waals surface area (Å²) in [7, 11) is 0. The van der Waals surface area contributed by atoms with Gasteiger partial charge < -0.3 is 14.9 Å². The number of aliphatic carboxylic acids is 2. The maximum Gasteiger partial charge on any atom is 0.317 e. The highest BCUT2D eigenvalue weighted by molar-refractivity contribution is 5.96. The summed E-state index contributed by atoms with van der Waals surface area (Å²) in [4.78, 5) is 44.5. The Morgan fingerprint density at radius 3 is 1.03 bits per heavy atom. The third-order valence-corrected chi connectivity index (χ3v) is 6.28. The zero-order valence-electron chi connectivity index (χ0n) is 24.1. The maximum atomic E-state index is 11.3. The monoisotopic (exact) mass is 500 g/mol. The van der Waals surface area contributed by atoms with Crippen molar-refractivity contribution in [2.45, 2.75) is 95.9 Å². The first kappa shape index (κ1) is 35.2. The molecule has 0 aromatic heterocycles. The van der Waals surface area contributed by atoms with E-state index in [0.29, 0.717) is 0 Å². The van der Waals surface area contributed by atoms with Crippen molar-refractivity contribution in [3.8, 4) is 0 Å². The Kier molecular flexibility index (Phi) is 16.8. The van der Waals surface area contributed by atoms with Crippen LogP contribution < -0.4 is 0 Å². The molecule has 0 saturated carbocycles. The lowest BCUT2D eigenvalue weighted by Gasteiger charge is -2.26. The third-order valence-electron chi connectivity index (χ3n) is 6.28. The average molecular weight is 501 g/mol. The van der Waals surface area contributed by atoms with Crippen LogP contribution in [-0.2, 0) is 23.9 Å². The Balaban J connectivity index is 0. The van der Waals surface area contributed by atoms with E-state index in [0.717, 1.165) is 11.8 Å². The molecule has 7 heteroatoms. The minimum Gasteiger partial charge on any atom is -0.481 e. The van der Waals surface area contributed by atoms with E-state index in [1.165, 1.54) is 12.8 Å². The van der Waals surface area contributed by atoms with Crippen molar-refractivity contribution in [3.63, 3.8) is 0 Å². The highest BCUT2D eigenvalue weighted by Crippen LogP contribution is 2.34. The summed E-state index contributed by atoms with van der Waals surface area (Å²) < 4.78 is 4.63. The molecule has 2 N–H and O–H groups in total. The fraction of sp³-hybridized carbons (Fsp3) is 0.857. The van der Waals surface area contributed by atoms with Gasteiger partial charge in [-0.3, -0.25) is 19.2 Å². The van der Waals surface area contributed by atoms with Crippen molar-refractivity contribution in [2.24, 2.45) is 59.2 Å². The number of carboxylic acids is 2. The second kappa shape index (κ2) is 16.7. The van der Waals surface area contributed by atoms with Gasteiger partial charge in [-0.25, -0.2) is 0 Å². The molecule has 35 heavy (non-hydrogen) atoms. The predicted octanol–water partition coefficient (Wildman–Crippen LogP) is 6.39. The van der Waals surface area contributed by atoms with Gasteiger partial charge >= 0.3 is 23.9 Å². The van der Waals surface area contributed by atoms with E-state index >= 15 is 0 Å². The van der Waals surface area contributed by atoms with Gasteiger partial charge in [0, 0.05) is 0 Å². The Morgan fingerprint density at radius 1 is 0.629 bits per heavy atom. The molecular formula is C28H52O7. The molecule has 1 fully saturated rings. The second-order valence-electron chi connectivity index (χ2n) is 11.9. The van der Waals surface area contributed by atoms with Gasteiger partial charge in [0.2, 0.25) is 0 Å². The standard InChI is InChI=1S/C10H18O4.C10H16O3.C8H18/c1-5(2)7(9(11)12)8(6(3)4)10(13)14;1-5(2)7-8(6(3)4)10(12)13-9(7)11;1-7(2)5-6-8(3)4/h5-8H,1-4H3,(H,11,12)(H,13,14);5-8H,1-4H3;7-8H,5-6H2,1-4H3. The van der Waals surface area contributed by atoms with Crippen LogP contribution in [0.2, 0.25) is 0 Å². The largest absolute Gasteiger partial charge is 0.481 e. The van der Waals surface area contributed by atoms with Gasteiger partial charge in [-0.2, -0.15) is 0 Å². The van der Waals surface area contributed by atoms with Crippen molar-refractivity contribution in [2.75, 3.05) is 0 Å². The number of esters is 2. The lowest BCUT2D eigenvalue weighted by Crippen LogP contribution is -2.36. The molecule has 0 radical (unpaired) electrons. The first-order chi connectivity index (χ1) is 15.9. The minimum atomic E-state index is -1.03. The smallest absolute Gasteiger partial charge is 0.317 e. The molecule has 7 nitrogen and oxygen atoms in total. The zero-order valence-corrected chi connectivity index (χ0v) is 24.1. The van der Waals surface area contributed by atoms with Gasteiger partial charge in [0.05, 0.1) is 23.7 Å². The predicted molar refractivity (Wildman–Crippen MR) is 139 cm³/mol. The Morgan fingerprint density at radius 2 is 0.886 bits per heavy atom.